The van der Waals surface area contributed by atoms with Crippen molar-refractivity contribution in [1.29, 1.82) is 0 Å². The molecule has 5 fully saturated rings. The van der Waals surface area contributed by atoms with E-state index in [0.29, 0.717) is 5.92 Å². The maximum absolute atomic E-state index is 12.7. The number of nitrogens with one attached hydrogen (secondary N) is 1. The first-order valence-electron chi connectivity index (χ1n) is 13.0. The number of ether oxygens (including phenoxy) is 3. The van der Waals surface area contributed by atoms with E-state index in [-0.39, 0.29) is 42.5 Å². The van der Waals surface area contributed by atoms with E-state index in [1.165, 1.54) is 0 Å². The van der Waals surface area contributed by atoms with Crippen LogP contribution in [0.25, 0.3) is 0 Å². The summed E-state index contributed by atoms with van der Waals surface area (Å²) < 4.78 is 18.4. The Hall–Kier alpha value is -2.00. The zero-order chi connectivity index (χ0) is 24.8. The molecule has 4 heterocycles. The van der Waals surface area contributed by atoms with Crippen LogP contribution in [0.5, 0.6) is 0 Å². The average Bonchev–Trinajstić information content (AvgIpc) is 3.07. The summed E-state index contributed by atoms with van der Waals surface area (Å²) in [7, 11) is 0. The molecular weight excluding hydrogens is 450 g/mol. The van der Waals surface area contributed by atoms with Crippen LogP contribution in [0, 0.1) is 23.7 Å². The van der Waals surface area contributed by atoms with Gasteiger partial charge in [-0.2, -0.15) is 0 Å². The molecule has 35 heavy (non-hydrogen) atoms. The van der Waals surface area contributed by atoms with Crippen LogP contribution >= 0.6 is 0 Å². The van der Waals surface area contributed by atoms with E-state index in [4.69, 9.17) is 24.0 Å². The molecule has 1 N–H and O–H groups in total. The molecule has 0 aromatic heterocycles. The van der Waals surface area contributed by atoms with Gasteiger partial charge in [0.15, 0.2) is 11.9 Å². The number of benzene rings is 1. The van der Waals surface area contributed by atoms with Crippen molar-refractivity contribution in [2.45, 2.75) is 96.2 Å². The molecule has 5 aliphatic rings. The number of fused-ring (bicyclic) bond motifs is 2. The lowest BCUT2D eigenvalue weighted by Crippen LogP contribution is -2.70. The van der Waals surface area contributed by atoms with Crippen molar-refractivity contribution >= 4 is 11.9 Å². The molecule has 192 valence electrons. The second kappa shape index (κ2) is 9.47. The Morgan fingerprint density at radius 3 is 2.63 bits per heavy atom. The van der Waals surface area contributed by atoms with Gasteiger partial charge in [0.2, 0.25) is 18.0 Å². The monoisotopic (exact) mass is 487 g/mol. The minimum atomic E-state index is -0.875. The van der Waals surface area contributed by atoms with Crippen LogP contribution in [-0.4, -0.2) is 35.8 Å². The zero-order valence-corrected chi connectivity index (χ0v) is 21.0. The first-order chi connectivity index (χ1) is 16.7. The summed E-state index contributed by atoms with van der Waals surface area (Å²) in [5, 5.41) is 2.93. The van der Waals surface area contributed by atoms with Crippen molar-refractivity contribution in [1.82, 2.24) is 5.32 Å². The molecule has 1 aromatic carbocycles. The van der Waals surface area contributed by atoms with Crippen molar-refractivity contribution in [2.75, 3.05) is 0 Å². The lowest BCUT2D eigenvalue weighted by Gasteiger charge is -2.59. The van der Waals surface area contributed by atoms with Gasteiger partial charge >= 0.3 is 5.97 Å². The summed E-state index contributed by atoms with van der Waals surface area (Å²) in [5.41, 5.74) is 0.322. The predicted molar refractivity (Wildman–Crippen MR) is 125 cm³/mol. The molecule has 4 aliphatic heterocycles. The molecule has 4 saturated heterocycles. The van der Waals surface area contributed by atoms with Crippen LogP contribution < -0.4 is 5.32 Å². The first-order valence-corrected chi connectivity index (χ1v) is 13.0. The molecule has 6 rings (SSSR count). The summed E-state index contributed by atoms with van der Waals surface area (Å²) in [6.45, 7) is 8.09. The Balaban J connectivity index is 1.21. The van der Waals surface area contributed by atoms with E-state index < -0.39 is 29.9 Å². The molecular formula is C27H37NO7. The second-order valence-corrected chi connectivity index (χ2v) is 11.0. The van der Waals surface area contributed by atoms with Crippen LogP contribution in [-0.2, 0) is 33.6 Å². The van der Waals surface area contributed by atoms with Gasteiger partial charge in [0.25, 0.3) is 0 Å². The molecule has 1 aliphatic carbocycles. The third kappa shape index (κ3) is 4.50. The highest BCUT2D eigenvalue weighted by Crippen LogP contribution is 2.60. The average molecular weight is 488 g/mol. The molecule has 9 atom stereocenters. The molecule has 1 saturated carbocycles. The van der Waals surface area contributed by atoms with Crippen molar-refractivity contribution in [3.8, 4) is 0 Å². The van der Waals surface area contributed by atoms with Gasteiger partial charge in [-0.3, -0.25) is 9.59 Å². The highest BCUT2D eigenvalue weighted by atomic mass is 17.3. The Morgan fingerprint density at radius 2 is 1.86 bits per heavy atom. The number of esters is 1. The standard InChI is InChI=1S/C27H37NO7/c1-16-10-11-21-17(2)24(32-25-27(21)20(16)14-15-26(4,33-25)34-35-27)31-23(30)13-12-22(29)28-18(3)19-8-6-5-7-9-19/h5-9,16-18,20-21,24-25H,10-15H2,1-4H3,(H,28,29). The first kappa shape index (κ1) is 24.7. The lowest BCUT2D eigenvalue weighted by molar-refractivity contribution is -0.576. The van der Waals surface area contributed by atoms with Crippen molar-refractivity contribution in [2.24, 2.45) is 23.7 Å². The Morgan fingerprint density at radius 1 is 1.09 bits per heavy atom. The second-order valence-electron chi connectivity index (χ2n) is 11.0. The van der Waals surface area contributed by atoms with Gasteiger partial charge in [-0.25, -0.2) is 9.78 Å². The van der Waals surface area contributed by atoms with Gasteiger partial charge < -0.3 is 19.5 Å². The molecule has 2 bridgehead atoms. The highest BCUT2D eigenvalue weighted by molar-refractivity contribution is 5.81. The molecule has 8 heteroatoms. The topological polar surface area (TPSA) is 92.3 Å². The van der Waals surface area contributed by atoms with Crippen LogP contribution in [0.1, 0.15) is 77.8 Å². The minimum Gasteiger partial charge on any atom is -0.435 e. The van der Waals surface area contributed by atoms with Crippen LogP contribution in [0.15, 0.2) is 30.3 Å². The number of rotatable bonds is 6. The fourth-order valence-corrected chi connectivity index (χ4v) is 6.55. The van der Waals surface area contributed by atoms with Crippen molar-refractivity contribution in [3.63, 3.8) is 0 Å². The van der Waals surface area contributed by atoms with Crippen LogP contribution in [0.4, 0.5) is 0 Å². The summed E-state index contributed by atoms with van der Waals surface area (Å²) in [6, 6.07) is 9.58. The molecule has 0 radical (unpaired) electrons. The molecule has 1 aromatic rings. The van der Waals surface area contributed by atoms with Gasteiger partial charge in [-0.1, -0.05) is 44.2 Å². The van der Waals surface area contributed by atoms with Gasteiger partial charge in [0.1, 0.15) is 0 Å². The quantitative estimate of drug-likeness (QED) is 0.470. The van der Waals surface area contributed by atoms with Crippen molar-refractivity contribution in [3.05, 3.63) is 35.9 Å². The number of carbonyl (C=O) groups excluding carboxylic acids is 2. The zero-order valence-electron chi connectivity index (χ0n) is 21.0. The molecule has 1 spiro atoms. The van der Waals surface area contributed by atoms with Gasteiger partial charge in [0.05, 0.1) is 12.5 Å². The van der Waals surface area contributed by atoms with Gasteiger partial charge in [-0.05, 0) is 50.5 Å². The van der Waals surface area contributed by atoms with E-state index in [1.807, 2.05) is 51.1 Å². The summed E-state index contributed by atoms with van der Waals surface area (Å²) >= 11 is 0. The van der Waals surface area contributed by atoms with E-state index in [9.17, 15) is 9.59 Å². The molecule has 1 amide bonds. The Kier molecular flexibility index (Phi) is 6.68. The Bertz CT molecular complexity index is 941. The van der Waals surface area contributed by atoms with E-state index in [0.717, 1.165) is 31.2 Å². The maximum Gasteiger partial charge on any atom is 0.308 e. The fourth-order valence-electron chi connectivity index (χ4n) is 6.55. The van der Waals surface area contributed by atoms with E-state index in [1.54, 1.807) is 0 Å². The summed E-state index contributed by atoms with van der Waals surface area (Å²) in [6.07, 6.45) is 2.30. The number of amides is 1. The number of carbonyl (C=O) groups is 2. The normalized spacial score (nSPS) is 40.8. The maximum atomic E-state index is 12.7. The van der Waals surface area contributed by atoms with E-state index >= 15 is 0 Å². The van der Waals surface area contributed by atoms with E-state index in [2.05, 4.69) is 12.2 Å². The minimum absolute atomic E-state index is 0.0156. The number of hydrogen-bond acceptors (Lipinski definition) is 7. The predicted octanol–water partition coefficient (Wildman–Crippen LogP) is 4.40. The van der Waals surface area contributed by atoms with Crippen LogP contribution in [0.3, 0.4) is 0 Å². The fraction of sp³-hybridized carbons (Fsp3) is 0.704. The largest absolute Gasteiger partial charge is 0.435 e. The molecule has 9 unspecified atom stereocenters. The number of hydrogen-bond donors (Lipinski definition) is 1. The van der Waals surface area contributed by atoms with Crippen molar-refractivity contribution < 1.29 is 33.6 Å². The lowest BCUT2D eigenvalue weighted by atomic mass is 9.58. The smallest absolute Gasteiger partial charge is 0.308 e. The highest BCUT2D eigenvalue weighted by Gasteiger charge is 2.69. The van der Waals surface area contributed by atoms with Gasteiger partial charge in [-0.15, -0.1) is 0 Å². The molecule has 8 nitrogen and oxygen atoms in total. The summed E-state index contributed by atoms with van der Waals surface area (Å²) in [5.74, 6) is -0.812. The summed E-state index contributed by atoms with van der Waals surface area (Å²) in [4.78, 5) is 37.1. The van der Waals surface area contributed by atoms with Gasteiger partial charge in [0, 0.05) is 24.7 Å². The third-order valence-corrected chi connectivity index (χ3v) is 8.58. The third-order valence-electron chi connectivity index (χ3n) is 8.58. The Labute approximate surface area is 206 Å². The SMILES string of the molecule is CC(NC(=O)CCC(=O)OC1OC2OC3(C)CCC4C(C)CCC(C1C)C24OO3)c1ccccc1. The van der Waals surface area contributed by atoms with Crippen LogP contribution in [0.2, 0.25) is 0 Å².